The minimum Gasteiger partial charge on any atom is -0.430 e. The molecule has 0 aliphatic carbocycles. The number of rotatable bonds is 4. The fourth-order valence-electron chi connectivity index (χ4n) is 1.88. The summed E-state index contributed by atoms with van der Waals surface area (Å²) in [6.07, 6.45) is 4.15. The predicted molar refractivity (Wildman–Crippen MR) is 65.0 cm³/mol. The summed E-state index contributed by atoms with van der Waals surface area (Å²) in [6.45, 7) is 9.76. The molecule has 1 unspecified atom stereocenters. The molecule has 1 rings (SSSR count). The summed E-state index contributed by atoms with van der Waals surface area (Å²) in [7, 11) is 0. The topological polar surface area (TPSA) is 55.4 Å². The van der Waals surface area contributed by atoms with Crippen LogP contribution in [0.2, 0.25) is 0 Å². The Bertz CT molecular complexity index is 349. The number of nitrogens with one attached hydrogen (secondary N) is 1. The number of carbonyl (C=O) groups is 2. The van der Waals surface area contributed by atoms with Gasteiger partial charge in [-0.1, -0.05) is 19.6 Å². The number of hydrogen-bond acceptors (Lipinski definition) is 3. The van der Waals surface area contributed by atoms with Gasteiger partial charge in [0, 0.05) is 13.0 Å². The van der Waals surface area contributed by atoms with Gasteiger partial charge in [0.25, 0.3) is 0 Å². The lowest BCUT2D eigenvalue weighted by molar-refractivity contribution is -0.142. The Morgan fingerprint density at radius 1 is 1.59 bits per heavy atom. The van der Waals surface area contributed by atoms with Crippen molar-refractivity contribution in [3.05, 3.63) is 25.0 Å². The zero-order valence-corrected chi connectivity index (χ0v) is 10.3. The first kappa shape index (κ1) is 13.5. The standard InChI is InChI=1S/C13H19NO3/c1-4-11(15)17-10(3)13(5-2)8-6-7-9-14-12(13)16/h5H,2-4,6-9H2,1H3,(H,14,16). The van der Waals surface area contributed by atoms with Gasteiger partial charge in [0.05, 0.1) is 0 Å². The number of esters is 1. The normalized spacial score (nSPS) is 24.4. The highest BCUT2D eigenvalue weighted by Gasteiger charge is 2.41. The summed E-state index contributed by atoms with van der Waals surface area (Å²) in [5, 5.41) is 2.80. The molecule has 1 amide bonds. The van der Waals surface area contributed by atoms with E-state index >= 15 is 0 Å². The van der Waals surface area contributed by atoms with Gasteiger partial charge in [-0.2, -0.15) is 0 Å². The van der Waals surface area contributed by atoms with Crippen LogP contribution in [0.3, 0.4) is 0 Å². The SMILES string of the molecule is C=CC1(C(=C)OC(=O)CC)CCCCNC1=O. The molecule has 0 aromatic rings. The van der Waals surface area contributed by atoms with Crippen molar-refractivity contribution in [1.29, 1.82) is 0 Å². The third kappa shape index (κ3) is 2.75. The molecule has 4 heteroatoms. The predicted octanol–water partition coefficient (Wildman–Crippen LogP) is 1.93. The Labute approximate surface area is 102 Å². The molecule has 17 heavy (non-hydrogen) atoms. The Morgan fingerprint density at radius 2 is 2.29 bits per heavy atom. The second-order valence-electron chi connectivity index (χ2n) is 4.14. The van der Waals surface area contributed by atoms with E-state index in [4.69, 9.17) is 4.74 Å². The zero-order chi connectivity index (χ0) is 12.9. The van der Waals surface area contributed by atoms with E-state index in [1.54, 1.807) is 6.92 Å². The van der Waals surface area contributed by atoms with Crippen LogP contribution in [0.5, 0.6) is 0 Å². The van der Waals surface area contributed by atoms with E-state index in [-0.39, 0.29) is 24.1 Å². The molecule has 4 nitrogen and oxygen atoms in total. The molecule has 1 N–H and O–H groups in total. The van der Waals surface area contributed by atoms with Crippen molar-refractivity contribution in [3.63, 3.8) is 0 Å². The smallest absolute Gasteiger partial charge is 0.310 e. The molecule has 94 valence electrons. The Morgan fingerprint density at radius 3 is 2.88 bits per heavy atom. The molecule has 1 aliphatic heterocycles. The summed E-state index contributed by atoms with van der Waals surface area (Å²) in [5.74, 6) is -0.383. The summed E-state index contributed by atoms with van der Waals surface area (Å²) in [4.78, 5) is 23.3. The lowest BCUT2D eigenvalue weighted by Gasteiger charge is -2.28. The number of amides is 1. The van der Waals surface area contributed by atoms with E-state index in [0.29, 0.717) is 13.0 Å². The van der Waals surface area contributed by atoms with Gasteiger partial charge in [0.2, 0.25) is 5.91 Å². The third-order valence-electron chi connectivity index (χ3n) is 3.06. The first-order valence-electron chi connectivity index (χ1n) is 5.88. The number of ether oxygens (including phenoxy) is 1. The van der Waals surface area contributed by atoms with Gasteiger partial charge in [0.1, 0.15) is 11.2 Å². The summed E-state index contributed by atoms with van der Waals surface area (Å²) in [6, 6.07) is 0. The first-order chi connectivity index (χ1) is 8.06. The molecule has 1 saturated heterocycles. The van der Waals surface area contributed by atoms with Crippen molar-refractivity contribution in [2.24, 2.45) is 5.41 Å². The van der Waals surface area contributed by atoms with E-state index in [1.807, 2.05) is 0 Å². The second-order valence-corrected chi connectivity index (χ2v) is 4.14. The second kappa shape index (κ2) is 5.66. The highest BCUT2D eigenvalue weighted by molar-refractivity contribution is 5.88. The maximum atomic E-state index is 12.0. The largest absolute Gasteiger partial charge is 0.430 e. The third-order valence-corrected chi connectivity index (χ3v) is 3.06. The van der Waals surface area contributed by atoms with E-state index in [9.17, 15) is 9.59 Å². The molecule has 0 aromatic carbocycles. The van der Waals surface area contributed by atoms with Crippen LogP contribution in [0.1, 0.15) is 32.6 Å². The van der Waals surface area contributed by atoms with Gasteiger partial charge in [-0.25, -0.2) is 0 Å². The molecular formula is C13H19NO3. The van der Waals surface area contributed by atoms with E-state index < -0.39 is 5.41 Å². The number of carbonyl (C=O) groups excluding carboxylic acids is 2. The summed E-state index contributed by atoms with van der Waals surface area (Å²) >= 11 is 0. The molecule has 0 aromatic heterocycles. The Kier molecular flexibility index (Phi) is 4.49. The molecule has 0 radical (unpaired) electrons. The van der Waals surface area contributed by atoms with E-state index in [2.05, 4.69) is 18.5 Å². The maximum absolute atomic E-state index is 12.0. The summed E-state index contributed by atoms with van der Waals surface area (Å²) < 4.78 is 5.09. The van der Waals surface area contributed by atoms with Gasteiger partial charge in [-0.05, 0) is 19.3 Å². The monoisotopic (exact) mass is 237 g/mol. The van der Waals surface area contributed by atoms with Crippen molar-refractivity contribution >= 4 is 11.9 Å². The van der Waals surface area contributed by atoms with Gasteiger partial charge >= 0.3 is 5.97 Å². The van der Waals surface area contributed by atoms with Crippen LogP contribution in [-0.4, -0.2) is 18.4 Å². The highest BCUT2D eigenvalue weighted by atomic mass is 16.5. The van der Waals surface area contributed by atoms with E-state index in [0.717, 1.165) is 12.8 Å². The molecular weight excluding hydrogens is 218 g/mol. The Hall–Kier alpha value is -1.58. The molecule has 0 bridgehead atoms. The van der Waals surface area contributed by atoms with Crippen LogP contribution < -0.4 is 5.32 Å². The van der Waals surface area contributed by atoms with Crippen molar-refractivity contribution < 1.29 is 14.3 Å². The minimum absolute atomic E-state index is 0.179. The summed E-state index contributed by atoms with van der Waals surface area (Å²) in [5.41, 5.74) is -0.971. The van der Waals surface area contributed by atoms with Crippen LogP contribution in [0.15, 0.2) is 25.0 Å². The van der Waals surface area contributed by atoms with Gasteiger partial charge in [-0.3, -0.25) is 9.59 Å². The minimum atomic E-state index is -0.971. The lowest BCUT2D eigenvalue weighted by atomic mass is 9.81. The highest BCUT2D eigenvalue weighted by Crippen LogP contribution is 2.36. The van der Waals surface area contributed by atoms with Crippen LogP contribution in [0.25, 0.3) is 0 Å². The van der Waals surface area contributed by atoms with E-state index in [1.165, 1.54) is 6.08 Å². The van der Waals surface area contributed by atoms with Crippen LogP contribution >= 0.6 is 0 Å². The van der Waals surface area contributed by atoms with Crippen molar-refractivity contribution in [3.8, 4) is 0 Å². The zero-order valence-electron chi connectivity index (χ0n) is 10.3. The molecule has 1 heterocycles. The molecule has 0 spiro atoms. The van der Waals surface area contributed by atoms with Crippen molar-refractivity contribution in [1.82, 2.24) is 5.32 Å². The lowest BCUT2D eigenvalue weighted by Crippen LogP contribution is -2.40. The van der Waals surface area contributed by atoms with Gasteiger partial charge < -0.3 is 10.1 Å². The van der Waals surface area contributed by atoms with Crippen LogP contribution in [0.4, 0.5) is 0 Å². The molecule has 1 aliphatic rings. The van der Waals surface area contributed by atoms with Gasteiger partial charge in [0.15, 0.2) is 0 Å². The van der Waals surface area contributed by atoms with Crippen molar-refractivity contribution in [2.45, 2.75) is 32.6 Å². The Balaban J connectivity index is 2.92. The first-order valence-corrected chi connectivity index (χ1v) is 5.88. The van der Waals surface area contributed by atoms with Gasteiger partial charge in [-0.15, -0.1) is 6.58 Å². The number of hydrogen-bond donors (Lipinski definition) is 1. The maximum Gasteiger partial charge on any atom is 0.310 e. The molecule has 1 atom stereocenters. The average molecular weight is 237 g/mol. The van der Waals surface area contributed by atoms with Crippen LogP contribution in [-0.2, 0) is 14.3 Å². The fraction of sp³-hybridized carbons (Fsp3) is 0.538. The van der Waals surface area contributed by atoms with Crippen molar-refractivity contribution in [2.75, 3.05) is 6.54 Å². The average Bonchev–Trinajstić information content (AvgIpc) is 2.51. The fourth-order valence-corrected chi connectivity index (χ4v) is 1.88. The van der Waals surface area contributed by atoms with Crippen LogP contribution in [0, 0.1) is 5.41 Å². The molecule has 1 fully saturated rings. The molecule has 0 saturated carbocycles. The quantitative estimate of drug-likeness (QED) is 0.462.